The summed E-state index contributed by atoms with van der Waals surface area (Å²) < 4.78 is 26.7. The van der Waals surface area contributed by atoms with Gasteiger partial charge in [-0.3, -0.25) is 0 Å². The smallest absolute Gasteiger partial charge is 0.280 e. The zero-order valence-corrected chi connectivity index (χ0v) is 8.47. The van der Waals surface area contributed by atoms with Gasteiger partial charge in [0, 0.05) is 26.2 Å². The first-order valence-electron chi connectivity index (χ1n) is 4.26. The van der Waals surface area contributed by atoms with Crippen molar-refractivity contribution in [1.29, 1.82) is 0 Å². The minimum atomic E-state index is -3.36. The Kier molecular flexibility index (Phi) is 3.63. The van der Waals surface area contributed by atoms with Gasteiger partial charge >= 0.3 is 0 Å². The van der Waals surface area contributed by atoms with Crippen LogP contribution in [0.1, 0.15) is 6.92 Å². The standard InChI is InChI=1S/C6H16N4O2S/c1-6(7)9-13(11,12)10-4-2-8-3-5-10/h6,8-9H,2-5,7H2,1H3. The summed E-state index contributed by atoms with van der Waals surface area (Å²) >= 11 is 0. The monoisotopic (exact) mass is 208 g/mol. The SMILES string of the molecule is CC(N)NS(=O)(=O)N1CCNCC1. The highest BCUT2D eigenvalue weighted by molar-refractivity contribution is 7.87. The van der Waals surface area contributed by atoms with Crippen molar-refractivity contribution in [3.8, 4) is 0 Å². The van der Waals surface area contributed by atoms with Gasteiger partial charge in [0.05, 0.1) is 6.17 Å². The topological polar surface area (TPSA) is 87.5 Å². The van der Waals surface area contributed by atoms with E-state index < -0.39 is 16.4 Å². The molecule has 0 saturated carbocycles. The van der Waals surface area contributed by atoms with Crippen LogP contribution in [0.25, 0.3) is 0 Å². The van der Waals surface area contributed by atoms with E-state index in [-0.39, 0.29) is 0 Å². The van der Waals surface area contributed by atoms with E-state index in [1.54, 1.807) is 6.92 Å². The number of hydrogen-bond acceptors (Lipinski definition) is 4. The fourth-order valence-corrected chi connectivity index (χ4v) is 2.48. The highest BCUT2D eigenvalue weighted by Crippen LogP contribution is 1.99. The molecule has 0 aliphatic carbocycles. The van der Waals surface area contributed by atoms with Crippen LogP contribution >= 0.6 is 0 Å². The van der Waals surface area contributed by atoms with E-state index in [2.05, 4.69) is 10.0 Å². The van der Waals surface area contributed by atoms with Crippen LogP contribution in [-0.4, -0.2) is 45.1 Å². The van der Waals surface area contributed by atoms with Crippen LogP contribution in [0.2, 0.25) is 0 Å². The van der Waals surface area contributed by atoms with Gasteiger partial charge in [0.15, 0.2) is 0 Å². The molecule has 0 radical (unpaired) electrons. The first kappa shape index (κ1) is 10.9. The van der Waals surface area contributed by atoms with Crippen molar-refractivity contribution in [3.63, 3.8) is 0 Å². The maximum absolute atomic E-state index is 11.5. The number of nitrogens with two attached hydrogens (primary N) is 1. The molecule has 0 aromatic rings. The average molecular weight is 208 g/mol. The van der Waals surface area contributed by atoms with Gasteiger partial charge in [0.25, 0.3) is 10.2 Å². The fraction of sp³-hybridized carbons (Fsp3) is 1.00. The van der Waals surface area contributed by atoms with Gasteiger partial charge in [0.2, 0.25) is 0 Å². The van der Waals surface area contributed by atoms with Crippen molar-refractivity contribution in [2.45, 2.75) is 13.1 Å². The quantitative estimate of drug-likeness (QED) is 0.470. The molecule has 1 saturated heterocycles. The lowest BCUT2D eigenvalue weighted by Gasteiger charge is -2.27. The zero-order chi connectivity index (χ0) is 9.90. The van der Waals surface area contributed by atoms with Crippen LogP contribution in [0, 0.1) is 0 Å². The largest absolute Gasteiger partial charge is 0.315 e. The van der Waals surface area contributed by atoms with E-state index >= 15 is 0 Å². The number of piperazine rings is 1. The van der Waals surface area contributed by atoms with Gasteiger partial charge in [-0.05, 0) is 6.92 Å². The Hall–Kier alpha value is -0.210. The Morgan fingerprint density at radius 2 is 2.00 bits per heavy atom. The van der Waals surface area contributed by atoms with Crippen LogP contribution in [0.15, 0.2) is 0 Å². The second-order valence-corrected chi connectivity index (χ2v) is 4.76. The molecule has 4 N–H and O–H groups in total. The molecule has 6 nitrogen and oxygen atoms in total. The first-order valence-corrected chi connectivity index (χ1v) is 5.70. The molecule has 0 aromatic heterocycles. The van der Waals surface area contributed by atoms with Crippen LogP contribution in [0.3, 0.4) is 0 Å². The van der Waals surface area contributed by atoms with Crippen LogP contribution in [-0.2, 0) is 10.2 Å². The molecule has 1 aliphatic rings. The molecule has 7 heteroatoms. The molecule has 1 unspecified atom stereocenters. The lowest BCUT2D eigenvalue weighted by Crippen LogP contribution is -2.53. The molecule has 0 bridgehead atoms. The third-order valence-electron chi connectivity index (χ3n) is 1.75. The van der Waals surface area contributed by atoms with Gasteiger partial charge in [-0.25, -0.2) is 0 Å². The van der Waals surface area contributed by atoms with Gasteiger partial charge in [-0.1, -0.05) is 0 Å². The minimum absolute atomic E-state index is 0.502. The van der Waals surface area contributed by atoms with Gasteiger partial charge in [0.1, 0.15) is 0 Å². The van der Waals surface area contributed by atoms with Crippen molar-refractivity contribution in [3.05, 3.63) is 0 Å². The third kappa shape index (κ3) is 3.20. The molecular formula is C6H16N4O2S. The molecule has 0 spiro atoms. The van der Waals surface area contributed by atoms with E-state index in [1.165, 1.54) is 4.31 Å². The highest BCUT2D eigenvalue weighted by atomic mass is 32.2. The maximum Gasteiger partial charge on any atom is 0.280 e. The molecule has 0 aromatic carbocycles. The molecule has 1 fully saturated rings. The van der Waals surface area contributed by atoms with Crippen LogP contribution < -0.4 is 15.8 Å². The van der Waals surface area contributed by atoms with Crippen molar-refractivity contribution in [1.82, 2.24) is 14.3 Å². The number of nitrogens with zero attached hydrogens (tertiary/aromatic N) is 1. The lowest BCUT2D eigenvalue weighted by atomic mass is 10.4. The molecule has 1 aliphatic heterocycles. The summed E-state index contributed by atoms with van der Waals surface area (Å²) in [6.07, 6.45) is -0.542. The Bertz CT molecular complexity index is 245. The lowest BCUT2D eigenvalue weighted by molar-refractivity contribution is 0.352. The van der Waals surface area contributed by atoms with E-state index in [0.29, 0.717) is 26.2 Å². The second kappa shape index (κ2) is 4.34. The summed E-state index contributed by atoms with van der Waals surface area (Å²) in [7, 11) is -3.36. The van der Waals surface area contributed by atoms with E-state index in [0.717, 1.165) is 0 Å². The summed E-state index contributed by atoms with van der Waals surface area (Å²) in [6, 6.07) is 0. The predicted octanol–water partition coefficient (Wildman–Crippen LogP) is -1.97. The normalized spacial score (nSPS) is 22.9. The Balaban J connectivity index is 2.57. The summed E-state index contributed by atoms with van der Waals surface area (Å²) in [5, 5.41) is 3.07. The molecule has 78 valence electrons. The van der Waals surface area contributed by atoms with Crippen LogP contribution in [0.4, 0.5) is 0 Å². The van der Waals surface area contributed by atoms with Crippen molar-refractivity contribution in [2.24, 2.45) is 5.73 Å². The molecule has 0 amide bonds. The van der Waals surface area contributed by atoms with Crippen molar-refractivity contribution < 1.29 is 8.42 Å². The van der Waals surface area contributed by atoms with Gasteiger partial charge in [-0.15, -0.1) is 0 Å². The Morgan fingerprint density at radius 1 is 1.46 bits per heavy atom. The summed E-state index contributed by atoms with van der Waals surface area (Å²) in [6.45, 7) is 3.99. The van der Waals surface area contributed by atoms with E-state index in [1.807, 2.05) is 0 Å². The molecule has 1 heterocycles. The Morgan fingerprint density at radius 3 is 2.46 bits per heavy atom. The van der Waals surface area contributed by atoms with Gasteiger partial charge in [-0.2, -0.15) is 17.4 Å². The molecule has 1 atom stereocenters. The molecular weight excluding hydrogens is 192 g/mol. The summed E-state index contributed by atoms with van der Waals surface area (Å²) in [4.78, 5) is 0. The van der Waals surface area contributed by atoms with Crippen molar-refractivity contribution >= 4 is 10.2 Å². The summed E-state index contributed by atoms with van der Waals surface area (Å²) in [5.41, 5.74) is 5.35. The predicted molar refractivity (Wildman–Crippen MR) is 50.1 cm³/mol. The minimum Gasteiger partial charge on any atom is -0.315 e. The number of hydrogen-bond donors (Lipinski definition) is 3. The average Bonchev–Trinajstić information content (AvgIpc) is 2.04. The number of rotatable bonds is 3. The Labute approximate surface area is 78.7 Å². The number of nitrogens with one attached hydrogen (secondary N) is 2. The third-order valence-corrected chi connectivity index (χ3v) is 3.47. The first-order chi connectivity index (χ1) is 6.02. The van der Waals surface area contributed by atoms with E-state index in [9.17, 15) is 8.42 Å². The molecule has 13 heavy (non-hydrogen) atoms. The fourth-order valence-electron chi connectivity index (χ4n) is 1.19. The highest BCUT2D eigenvalue weighted by Gasteiger charge is 2.23. The van der Waals surface area contributed by atoms with Crippen LogP contribution in [0.5, 0.6) is 0 Å². The zero-order valence-electron chi connectivity index (χ0n) is 7.66. The maximum atomic E-state index is 11.5. The van der Waals surface area contributed by atoms with Crippen molar-refractivity contribution in [2.75, 3.05) is 26.2 Å². The summed E-state index contributed by atoms with van der Waals surface area (Å²) in [5.74, 6) is 0. The van der Waals surface area contributed by atoms with E-state index in [4.69, 9.17) is 5.73 Å². The molecule has 1 rings (SSSR count). The second-order valence-electron chi connectivity index (χ2n) is 3.06. The van der Waals surface area contributed by atoms with Gasteiger partial charge < -0.3 is 11.1 Å².